The van der Waals surface area contributed by atoms with Crippen LogP contribution in [0.5, 0.6) is 5.75 Å². The number of carbonyl (C=O) groups is 1. The molecule has 0 unspecified atom stereocenters. The van der Waals surface area contributed by atoms with E-state index in [0.29, 0.717) is 0 Å². The van der Waals surface area contributed by atoms with E-state index in [2.05, 4.69) is 17.0 Å². The molecular weight excluding hydrogens is 266 g/mol. The van der Waals surface area contributed by atoms with Crippen molar-refractivity contribution in [3.8, 4) is 5.75 Å². The lowest BCUT2D eigenvalue weighted by Gasteiger charge is -2.37. The summed E-state index contributed by atoms with van der Waals surface area (Å²) in [6.45, 7) is 5.26. The molecule has 0 spiro atoms. The second-order valence-electron chi connectivity index (χ2n) is 5.65. The van der Waals surface area contributed by atoms with E-state index < -0.39 is 0 Å². The van der Waals surface area contributed by atoms with E-state index in [1.807, 2.05) is 21.9 Å². The van der Waals surface area contributed by atoms with Gasteiger partial charge in [0.15, 0.2) is 0 Å². The Morgan fingerprint density at radius 1 is 0.905 bits per heavy atom. The van der Waals surface area contributed by atoms with Gasteiger partial charge in [-0.15, -0.1) is 0 Å². The first-order valence-electron chi connectivity index (χ1n) is 7.71. The molecule has 5 heteroatoms. The number of piperazine rings is 1. The number of hydrogen-bond acceptors (Lipinski definition) is 3. The van der Waals surface area contributed by atoms with Crippen LogP contribution in [-0.4, -0.2) is 62.2 Å². The molecule has 1 aromatic carbocycles. The molecule has 0 bridgehead atoms. The van der Waals surface area contributed by atoms with Crippen molar-refractivity contribution in [1.82, 2.24) is 9.80 Å². The van der Waals surface area contributed by atoms with Crippen LogP contribution >= 0.6 is 0 Å². The average Bonchev–Trinajstić information content (AvgIpc) is 3.09. The van der Waals surface area contributed by atoms with E-state index in [-0.39, 0.29) is 6.03 Å². The van der Waals surface area contributed by atoms with Gasteiger partial charge in [-0.25, -0.2) is 4.79 Å². The minimum Gasteiger partial charge on any atom is -0.497 e. The maximum absolute atomic E-state index is 12.3. The van der Waals surface area contributed by atoms with Crippen molar-refractivity contribution < 1.29 is 9.53 Å². The van der Waals surface area contributed by atoms with Gasteiger partial charge in [0.1, 0.15) is 5.75 Å². The van der Waals surface area contributed by atoms with E-state index >= 15 is 0 Å². The maximum atomic E-state index is 12.3. The fraction of sp³-hybridized carbons (Fsp3) is 0.562. The highest BCUT2D eigenvalue weighted by molar-refractivity contribution is 5.75. The number of urea groups is 1. The molecule has 0 radical (unpaired) electrons. The van der Waals surface area contributed by atoms with Crippen molar-refractivity contribution in [2.24, 2.45) is 0 Å². The molecule has 5 nitrogen and oxygen atoms in total. The lowest BCUT2D eigenvalue weighted by atomic mass is 10.2. The van der Waals surface area contributed by atoms with E-state index in [1.54, 1.807) is 7.11 Å². The zero-order chi connectivity index (χ0) is 14.7. The normalized spacial score (nSPS) is 19.0. The summed E-state index contributed by atoms with van der Waals surface area (Å²) in [6.07, 6.45) is 2.30. The van der Waals surface area contributed by atoms with Crippen LogP contribution in [0.15, 0.2) is 24.3 Å². The van der Waals surface area contributed by atoms with Crippen LogP contribution < -0.4 is 9.64 Å². The van der Waals surface area contributed by atoms with Gasteiger partial charge in [-0.1, -0.05) is 0 Å². The van der Waals surface area contributed by atoms with Gasteiger partial charge in [0.25, 0.3) is 0 Å². The van der Waals surface area contributed by atoms with Gasteiger partial charge in [0, 0.05) is 45.0 Å². The fourth-order valence-corrected chi connectivity index (χ4v) is 3.06. The van der Waals surface area contributed by atoms with Crippen LogP contribution in [0, 0.1) is 0 Å². The largest absolute Gasteiger partial charge is 0.497 e. The summed E-state index contributed by atoms with van der Waals surface area (Å²) in [5.41, 5.74) is 1.20. The molecule has 2 fully saturated rings. The van der Waals surface area contributed by atoms with Crippen molar-refractivity contribution in [3.63, 3.8) is 0 Å². The summed E-state index contributed by atoms with van der Waals surface area (Å²) in [6, 6.07) is 8.35. The summed E-state index contributed by atoms with van der Waals surface area (Å²) in [4.78, 5) is 18.7. The molecule has 2 aliphatic heterocycles. The highest BCUT2D eigenvalue weighted by atomic mass is 16.5. The highest BCUT2D eigenvalue weighted by Crippen LogP contribution is 2.21. The minimum atomic E-state index is 0.224. The van der Waals surface area contributed by atoms with E-state index in [9.17, 15) is 4.79 Å². The van der Waals surface area contributed by atoms with Crippen molar-refractivity contribution in [1.29, 1.82) is 0 Å². The third kappa shape index (κ3) is 3.06. The van der Waals surface area contributed by atoms with Crippen LogP contribution in [0.2, 0.25) is 0 Å². The summed E-state index contributed by atoms with van der Waals surface area (Å²) in [7, 11) is 1.68. The highest BCUT2D eigenvalue weighted by Gasteiger charge is 2.26. The number of hydrogen-bond donors (Lipinski definition) is 0. The molecule has 0 aliphatic carbocycles. The molecule has 2 aliphatic rings. The van der Waals surface area contributed by atoms with Crippen LogP contribution in [0.1, 0.15) is 12.8 Å². The maximum Gasteiger partial charge on any atom is 0.320 e. The van der Waals surface area contributed by atoms with Gasteiger partial charge in [-0.05, 0) is 37.1 Å². The number of methoxy groups -OCH3 is 1. The Kier molecular flexibility index (Phi) is 4.18. The van der Waals surface area contributed by atoms with Gasteiger partial charge in [0.2, 0.25) is 0 Å². The Morgan fingerprint density at radius 3 is 2.05 bits per heavy atom. The predicted octanol–water partition coefficient (Wildman–Crippen LogP) is 2.03. The summed E-state index contributed by atoms with van der Waals surface area (Å²) >= 11 is 0. The number of benzene rings is 1. The van der Waals surface area contributed by atoms with E-state index in [1.165, 1.54) is 5.69 Å². The van der Waals surface area contributed by atoms with Gasteiger partial charge in [-0.2, -0.15) is 0 Å². The van der Waals surface area contributed by atoms with Crippen molar-refractivity contribution in [2.75, 3.05) is 51.3 Å². The lowest BCUT2D eigenvalue weighted by Crippen LogP contribution is -2.52. The van der Waals surface area contributed by atoms with Crippen LogP contribution in [0.4, 0.5) is 10.5 Å². The van der Waals surface area contributed by atoms with Crippen molar-refractivity contribution in [3.05, 3.63) is 24.3 Å². The van der Waals surface area contributed by atoms with Crippen molar-refractivity contribution in [2.45, 2.75) is 12.8 Å². The molecule has 2 heterocycles. The summed E-state index contributed by atoms with van der Waals surface area (Å²) in [5, 5.41) is 0. The first-order chi connectivity index (χ1) is 10.3. The van der Waals surface area contributed by atoms with E-state index in [4.69, 9.17) is 4.74 Å². The number of rotatable bonds is 2. The second-order valence-corrected chi connectivity index (χ2v) is 5.65. The Balaban J connectivity index is 1.55. The number of ether oxygens (including phenoxy) is 1. The summed E-state index contributed by atoms with van der Waals surface area (Å²) in [5.74, 6) is 0.876. The van der Waals surface area contributed by atoms with Crippen LogP contribution in [0.3, 0.4) is 0 Å². The first-order valence-corrected chi connectivity index (χ1v) is 7.71. The molecule has 2 saturated heterocycles. The second kappa shape index (κ2) is 6.24. The number of anilines is 1. The Bertz CT molecular complexity index is 475. The Morgan fingerprint density at radius 2 is 1.48 bits per heavy atom. The SMILES string of the molecule is COc1ccc(N2CCN(C(=O)N3CCCC3)CC2)cc1. The van der Waals surface area contributed by atoms with Crippen molar-refractivity contribution >= 4 is 11.7 Å². The first kappa shape index (κ1) is 14.0. The lowest BCUT2D eigenvalue weighted by molar-refractivity contribution is 0.159. The fourth-order valence-electron chi connectivity index (χ4n) is 3.06. The zero-order valence-corrected chi connectivity index (χ0v) is 12.6. The molecule has 3 rings (SSSR count). The monoisotopic (exact) mass is 289 g/mol. The third-order valence-corrected chi connectivity index (χ3v) is 4.36. The molecule has 1 aromatic rings. The summed E-state index contributed by atoms with van der Waals surface area (Å²) < 4.78 is 5.19. The Hall–Kier alpha value is -1.91. The predicted molar refractivity (Wildman–Crippen MR) is 83.0 cm³/mol. The standard InChI is InChI=1S/C16H23N3O2/c1-21-15-6-4-14(5-7-15)17-10-12-19(13-11-17)16(20)18-8-2-3-9-18/h4-7H,2-3,8-13H2,1H3. The minimum absolute atomic E-state index is 0.224. The number of likely N-dealkylation sites (tertiary alicyclic amines) is 1. The average molecular weight is 289 g/mol. The smallest absolute Gasteiger partial charge is 0.320 e. The number of carbonyl (C=O) groups excluding carboxylic acids is 1. The Labute approximate surface area is 126 Å². The third-order valence-electron chi connectivity index (χ3n) is 4.36. The quantitative estimate of drug-likeness (QED) is 0.836. The zero-order valence-electron chi connectivity index (χ0n) is 12.6. The molecule has 0 saturated carbocycles. The van der Waals surface area contributed by atoms with Gasteiger partial charge in [-0.3, -0.25) is 0 Å². The molecule has 0 N–H and O–H groups in total. The molecule has 21 heavy (non-hydrogen) atoms. The van der Waals surface area contributed by atoms with Gasteiger partial charge in [0.05, 0.1) is 7.11 Å². The molecule has 0 aromatic heterocycles. The van der Waals surface area contributed by atoms with Crippen LogP contribution in [0.25, 0.3) is 0 Å². The topological polar surface area (TPSA) is 36.0 Å². The van der Waals surface area contributed by atoms with Gasteiger partial charge >= 0.3 is 6.03 Å². The number of nitrogens with zero attached hydrogens (tertiary/aromatic N) is 3. The molecule has 0 atom stereocenters. The van der Waals surface area contributed by atoms with Crippen LogP contribution in [-0.2, 0) is 0 Å². The molecular formula is C16H23N3O2. The van der Waals surface area contributed by atoms with E-state index in [0.717, 1.165) is 57.9 Å². The number of amides is 2. The van der Waals surface area contributed by atoms with Gasteiger partial charge < -0.3 is 19.4 Å². The molecule has 114 valence electrons. The molecule has 2 amide bonds.